The Morgan fingerprint density at radius 2 is 2.13 bits per heavy atom. The van der Waals surface area contributed by atoms with Gasteiger partial charge in [-0.2, -0.15) is 0 Å². The molecule has 5 nitrogen and oxygen atoms in total. The summed E-state index contributed by atoms with van der Waals surface area (Å²) in [6, 6.07) is 4.55. The van der Waals surface area contributed by atoms with E-state index in [0.717, 1.165) is 5.56 Å². The second kappa shape index (κ2) is 5.31. The Morgan fingerprint density at radius 3 is 2.73 bits per heavy atom. The molecule has 0 saturated carbocycles. The Hall–Kier alpha value is -1.62. The molecule has 0 radical (unpaired) electrons. The lowest BCUT2D eigenvalue weighted by Gasteiger charge is -2.07. The van der Waals surface area contributed by atoms with Crippen molar-refractivity contribution in [3.05, 3.63) is 33.9 Å². The largest absolute Gasteiger partial charge is 0.491 e. The molecule has 0 heterocycles. The lowest BCUT2D eigenvalue weighted by Crippen LogP contribution is -2.05. The summed E-state index contributed by atoms with van der Waals surface area (Å²) in [4.78, 5) is 10.1. The summed E-state index contributed by atoms with van der Waals surface area (Å²) in [6.45, 7) is 2.69. The average Bonchev–Trinajstić information content (AvgIpc) is 2.20. The van der Waals surface area contributed by atoms with Crippen LogP contribution in [-0.2, 0) is 4.74 Å². The molecule has 0 amide bonds. The molecule has 0 spiro atoms. The number of nitro groups is 1. The van der Waals surface area contributed by atoms with Gasteiger partial charge in [0.25, 0.3) is 5.69 Å². The Labute approximate surface area is 87.8 Å². The van der Waals surface area contributed by atoms with E-state index in [0.29, 0.717) is 19.0 Å². The van der Waals surface area contributed by atoms with Crippen LogP contribution in [0, 0.1) is 17.0 Å². The second-order valence-corrected chi connectivity index (χ2v) is 3.05. The Kier molecular flexibility index (Phi) is 4.05. The van der Waals surface area contributed by atoms with Crippen molar-refractivity contribution in [1.82, 2.24) is 0 Å². The predicted octanol–water partition coefficient (Wildman–Crippen LogP) is 1.93. The van der Waals surface area contributed by atoms with Gasteiger partial charge in [-0.25, -0.2) is 0 Å². The first kappa shape index (κ1) is 11.5. The van der Waals surface area contributed by atoms with Crippen LogP contribution >= 0.6 is 0 Å². The normalized spacial score (nSPS) is 10.0. The topological polar surface area (TPSA) is 61.6 Å². The van der Waals surface area contributed by atoms with Crippen LogP contribution in [0.15, 0.2) is 18.2 Å². The zero-order valence-electron chi connectivity index (χ0n) is 8.73. The van der Waals surface area contributed by atoms with Crippen molar-refractivity contribution in [3.63, 3.8) is 0 Å². The van der Waals surface area contributed by atoms with Crippen molar-refractivity contribution in [1.29, 1.82) is 0 Å². The van der Waals surface area contributed by atoms with E-state index in [2.05, 4.69) is 0 Å². The van der Waals surface area contributed by atoms with Crippen LogP contribution in [0.4, 0.5) is 5.69 Å². The maximum absolute atomic E-state index is 10.5. The van der Waals surface area contributed by atoms with E-state index in [1.807, 2.05) is 6.92 Å². The van der Waals surface area contributed by atoms with Gasteiger partial charge in [0.05, 0.1) is 17.6 Å². The SMILES string of the molecule is COCCOc1cc([N+](=O)[O-])ccc1C. The molecule has 0 unspecified atom stereocenters. The van der Waals surface area contributed by atoms with Crippen LogP contribution in [-0.4, -0.2) is 25.2 Å². The van der Waals surface area contributed by atoms with E-state index in [9.17, 15) is 10.1 Å². The smallest absolute Gasteiger partial charge is 0.273 e. The molecule has 0 bridgehead atoms. The molecule has 0 saturated heterocycles. The Morgan fingerprint density at radius 1 is 1.40 bits per heavy atom. The quantitative estimate of drug-likeness (QED) is 0.424. The van der Waals surface area contributed by atoms with Crippen molar-refractivity contribution in [2.45, 2.75) is 6.92 Å². The fourth-order valence-electron chi connectivity index (χ4n) is 1.09. The minimum atomic E-state index is -0.442. The molecule has 0 fully saturated rings. The van der Waals surface area contributed by atoms with Gasteiger partial charge < -0.3 is 9.47 Å². The third-order valence-electron chi connectivity index (χ3n) is 1.93. The number of benzene rings is 1. The number of ether oxygens (including phenoxy) is 2. The third kappa shape index (κ3) is 3.21. The first-order valence-corrected chi connectivity index (χ1v) is 4.52. The van der Waals surface area contributed by atoms with Crippen molar-refractivity contribution in [2.75, 3.05) is 20.3 Å². The highest BCUT2D eigenvalue weighted by Gasteiger charge is 2.09. The molecule has 0 N–H and O–H groups in total. The van der Waals surface area contributed by atoms with Crippen LogP contribution in [0.25, 0.3) is 0 Å². The Bertz CT molecular complexity index is 351. The van der Waals surface area contributed by atoms with E-state index < -0.39 is 4.92 Å². The predicted molar refractivity (Wildman–Crippen MR) is 55.2 cm³/mol. The van der Waals surface area contributed by atoms with Gasteiger partial charge in [0.15, 0.2) is 0 Å². The summed E-state index contributed by atoms with van der Waals surface area (Å²) in [5.41, 5.74) is 0.907. The zero-order valence-corrected chi connectivity index (χ0v) is 8.73. The second-order valence-electron chi connectivity index (χ2n) is 3.05. The Balaban J connectivity index is 2.76. The van der Waals surface area contributed by atoms with E-state index in [4.69, 9.17) is 9.47 Å². The number of non-ortho nitro benzene ring substituents is 1. The molecule has 1 aromatic rings. The van der Waals surface area contributed by atoms with Crippen molar-refractivity contribution in [3.8, 4) is 5.75 Å². The van der Waals surface area contributed by atoms with E-state index >= 15 is 0 Å². The molecule has 0 aliphatic heterocycles. The highest BCUT2D eigenvalue weighted by molar-refractivity contribution is 5.43. The number of nitrogens with zero attached hydrogens (tertiary/aromatic N) is 1. The summed E-state index contributed by atoms with van der Waals surface area (Å²) in [5.74, 6) is 0.529. The summed E-state index contributed by atoms with van der Waals surface area (Å²) in [7, 11) is 1.57. The lowest BCUT2D eigenvalue weighted by molar-refractivity contribution is -0.384. The van der Waals surface area contributed by atoms with Gasteiger partial charge in [0, 0.05) is 13.2 Å². The molecule has 15 heavy (non-hydrogen) atoms. The number of hydrogen-bond acceptors (Lipinski definition) is 4. The fraction of sp³-hybridized carbons (Fsp3) is 0.400. The number of hydrogen-bond donors (Lipinski definition) is 0. The van der Waals surface area contributed by atoms with Crippen molar-refractivity contribution >= 4 is 5.69 Å². The summed E-state index contributed by atoms with van der Waals surface area (Å²) < 4.78 is 10.2. The first-order valence-electron chi connectivity index (χ1n) is 4.52. The summed E-state index contributed by atoms with van der Waals surface area (Å²) in [5, 5.41) is 10.5. The molecule has 82 valence electrons. The fourth-order valence-corrected chi connectivity index (χ4v) is 1.09. The zero-order chi connectivity index (χ0) is 11.3. The van der Waals surface area contributed by atoms with Gasteiger partial charge in [0.2, 0.25) is 0 Å². The van der Waals surface area contributed by atoms with E-state index in [1.54, 1.807) is 13.2 Å². The van der Waals surface area contributed by atoms with Gasteiger partial charge in [-0.3, -0.25) is 10.1 Å². The van der Waals surface area contributed by atoms with Gasteiger partial charge >= 0.3 is 0 Å². The minimum Gasteiger partial charge on any atom is -0.491 e. The number of aryl methyl sites for hydroxylation is 1. The van der Waals surface area contributed by atoms with Crippen LogP contribution in [0.5, 0.6) is 5.75 Å². The number of nitro benzene ring substituents is 1. The van der Waals surface area contributed by atoms with Crippen LogP contribution < -0.4 is 4.74 Å². The molecule has 0 aliphatic rings. The number of methoxy groups -OCH3 is 1. The van der Waals surface area contributed by atoms with E-state index in [-0.39, 0.29) is 5.69 Å². The average molecular weight is 211 g/mol. The molecule has 5 heteroatoms. The van der Waals surface area contributed by atoms with Crippen molar-refractivity contribution in [2.24, 2.45) is 0 Å². The maximum atomic E-state index is 10.5. The molecule has 0 aromatic heterocycles. The third-order valence-corrected chi connectivity index (χ3v) is 1.93. The first-order chi connectivity index (χ1) is 7.15. The minimum absolute atomic E-state index is 0.0352. The highest BCUT2D eigenvalue weighted by atomic mass is 16.6. The summed E-state index contributed by atoms with van der Waals surface area (Å²) >= 11 is 0. The van der Waals surface area contributed by atoms with Gasteiger partial charge in [-0.05, 0) is 18.6 Å². The molecule has 0 atom stereocenters. The van der Waals surface area contributed by atoms with Crippen LogP contribution in [0.2, 0.25) is 0 Å². The summed E-state index contributed by atoms with van der Waals surface area (Å²) in [6.07, 6.45) is 0. The monoisotopic (exact) mass is 211 g/mol. The molecular formula is C10H13NO4. The highest BCUT2D eigenvalue weighted by Crippen LogP contribution is 2.23. The van der Waals surface area contributed by atoms with E-state index in [1.165, 1.54) is 12.1 Å². The van der Waals surface area contributed by atoms with Gasteiger partial charge in [-0.1, -0.05) is 0 Å². The van der Waals surface area contributed by atoms with Gasteiger partial charge in [0.1, 0.15) is 12.4 Å². The molecule has 1 aromatic carbocycles. The van der Waals surface area contributed by atoms with Crippen LogP contribution in [0.1, 0.15) is 5.56 Å². The van der Waals surface area contributed by atoms with Crippen LogP contribution in [0.3, 0.4) is 0 Å². The maximum Gasteiger partial charge on any atom is 0.273 e. The lowest BCUT2D eigenvalue weighted by atomic mass is 10.2. The molecular weight excluding hydrogens is 198 g/mol. The van der Waals surface area contributed by atoms with Crippen molar-refractivity contribution < 1.29 is 14.4 Å². The molecule has 1 rings (SSSR count). The van der Waals surface area contributed by atoms with Gasteiger partial charge in [-0.15, -0.1) is 0 Å². The molecule has 0 aliphatic carbocycles. The number of rotatable bonds is 5. The standard InChI is InChI=1S/C10H13NO4/c1-8-3-4-9(11(12)13)7-10(8)15-6-5-14-2/h3-4,7H,5-6H2,1-2H3.